The molecule has 0 aromatic heterocycles. The first kappa shape index (κ1) is 15.1. The van der Waals surface area contributed by atoms with Gasteiger partial charge in [0.25, 0.3) is 0 Å². The van der Waals surface area contributed by atoms with Gasteiger partial charge in [-0.2, -0.15) is 0 Å². The molecule has 0 aliphatic heterocycles. The summed E-state index contributed by atoms with van der Waals surface area (Å²) in [5.74, 6) is -1.09. The van der Waals surface area contributed by atoms with Crippen LogP contribution in [0, 0.1) is 17.8 Å². The average molecular weight is 279 g/mol. The fraction of sp³-hybridized carbons (Fsp3) is 0.750. The molecule has 4 heteroatoms. The molecule has 2 rings (SSSR count). The second kappa shape index (κ2) is 6.91. The smallest absolute Gasteiger partial charge is 0.307 e. The number of carboxylic acid groups (broad SMARTS) is 1. The van der Waals surface area contributed by atoms with Crippen molar-refractivity contribution in [3.05, 3.63) is 12.2 Å². The highest BCUT2D eigenvalue weighted by Gasteiger charge is 2.35. The largest absolute Gasteiger partial charge is 0.481 e. The quantitative estimate of drug-likeness (QED) is 0.778. The lowest BCUT2D eigenvalue weighted by atomic mass is 9.81. The Morgan fingerprint density at radius 3 is 2.25 bits per heavy atom. The van der Waals surface area contributed by atoms with Crippen LogP contribution in [-0.4, -0.2) is 23.0 Å². The Labute approximate surface area is 120 Å². The van der Waals surface area contributed by atoms with Gasteiger partial charge in [0.15, 0.2) is 0 Å². The van der Waals surface area contributed by atoms with Crippen LogP contribution in [0.4, 0.5) is 0 Å². The molecule has 2 aliphatic rings. The third-order valence-electron chi connectivity index (χ3n) is 4.86. The van der Waals surface area contributed by atoms with Crippen molar-refractivity contribution in [2.45, 2.75) is 57.9 Å². The fourth-order valence-electron chi connectivity index (χ4n) is 3.40. The molecular weight excluding hydrogens is 254 g/mol. The van der Waals surface area contributed by atoms with Gasteiger partial charge < -0.3 is 10.4 Å². The van der Waals surface area contributed by atoms with Gasteiger partial charge in [0.1, 0.15) is 0 Å². The Bertz CT molecular complexity index is 383. The summed E-state index contributed by atoms with van der Waals surface area (Å²) in [4.78, 5) is 23.6. The SMILES string of the molecule is CCC1CCC(NC(=O)[C@@H]2CC=CC[C@@H]2C(=O)O)CC1. The Morgan fingerprint density at radius 1 is 1.10 bits per heavy atom. The van der Waals surface area contributed by atoms with Crippen LogP contribution in [0.25, 0.3) is 0 Å². The number of carbonyl (C=O) groups excluding carboxylic acids is 1. The Morgan fingerprint density at radius 2 is 1.70 bits per heavy atom. The molecule has 1 fully saturated rings. The van der Waals surface area contributed by atoms with Crippen LogP contribution in [0.3, 0.4) is 0 Å². The van der Waals surface area contributed by atoms with Gasteiger partial charge in [-0.05, 0) is 44.4 Å². The van der Waals surface area contributed by atoms with E-state index in [0.717, 1.165) is 18.8 Å². The minimum atomic E-state index is -0.857. The summed E-state index contributed by atoms with van der Waals surface area (Å²) in [5, 5.41) is 12.3. The number of hydrogen-bond acceptors (Lipinski definition) is 2. The maximum atomic E-state index is 12.3. The monoisotopic (exact) mass is 279 g/mol. The van der Waals surface area contributed by atoms with E-state index in [1.807, 2.05) is 12.2 Å². The van der Waals surface area contributed by atoms with Crippen molar-refractivity contribution in [1.82, 2.24) is 5.32 Å². The highest BCUT2D eigenvalue weighted by molar-refractivity contribution is 5.85. The van der Waals surface area contributed by atoms with Crippen LogP contribution in [0.15, 0.2) is 12.2 Å². The van der Waals surface area contributed by atoms with Gasteiger partial charge in [-0.25, -0.2) is 0 Å². The van der Waals surface area contributed by atoms with E-state index < -0.39 is 17.8 Å². The van der Waals surface area contributed by atoms with Crippen LogP contribution < -0.4 is 5.32 Å². The summed E-state index contributed by atoms with van der Waals surface area (Å²) >= 11 is 0. The molecule has 2 N–H and O–H groups in total. The van der Waals surface area contributed by atoms with E-state index >= 15 is 0 Å². The minimum absolute atomic E-state index is 0.0679. The molecule has 0 saturated heterocycles. The molecule has 2 atom stereocenters. The topological polar surface area (TPSA) is 66.4 Å². The van der Waals surface area contributed by atoms with Crippen LogP contribution in [0.5, 0.6) is 0 Å². The molecule has 4 nitrogen and oxygen atoms in total. The lowest BCUT2D eigenvalue weighted by Gasteiger charge is -2.31. The molecule has 20 heavy (non-hydrogen) atoms. The second-order valence-corrected chi connectivity index (χ2v) is 6.13. The minimum Gasteiger partial charge on any atom is -0.481 e. The highest BCUT2D eigenvalue weighted by Crippen LogP contribution is 2.29. The van der Waals surface area contributed by atoms with Crippen molar-refractivity contribution in [1.29, 1.82) is 0 Å². The maximum absolute atomic E-state index is 12.3. The van der Waals surface area contributed by atoms with Crippen LogP contribution in [-0.2, 0) is 9.59 Å². The summed E-state index contributed by atoms with van der Waals surface area (Å²) in [6.07, 6.45) is 10.4. The molecule has 0 spiro atoms. The lowest BCUT2D eigenvalue weighted by Crippen LogP contribution is -2.44. The predicted molar refractivity (Wildman–Crippen MR) is 77.2 cm³/mol. The van der Waals surface area contributed by atoms with E-state index in [4.69, 9.17) is 0 Å². The van der Waals surface area contributed by atoms with Crippen LogP contribution in [0.2, 0.25) is 0 Å². The van der Waals surface area contributed by atoms with Gasteiger partial charge in [-0.3, -0.25) is 9.59 Å². The predicted octanol–water partition coefficient (Wildman–Crippen LogP) is 2.74. The van der Waals surface area contributed by atoms with Crippen molar-refractivity contribution in [3.8, 4) is 0 Å². The number of hydrogen-bond donors (Lipinski definition) is 2. The number of carboxylic acids is 1. The molecule has 0 aromatic carbocycles. The highest BCUT2D eigenvalue weighted by atomic mass is 16.4. The molecular formula is C16H25NO3. The third-order valence-corrected chi connectivity index (χ3v) is 4.86. The normalized spacial score (nSPS) is 33.6. The van der Waals surface area contributed by atoms with Gasteiger partial charge in [0.05, 0.1) is 11.8 Å². The summed E-state index contributed by atoms with van der Waals surface area (Å²) in [6, 6.07) is 0.241. The number of rotatable bonds is 4. The molecule has 0 aromatic rings. The zero-order chi connectivity index (χ0) is 14.5. The fourth-order valence-corrected chi connectivity index (χ4v) is 3.40. The number of allylic oxidation sites excluding steroid dienone is 2. The van der Waals surface area contributed by atoms with Crippen molar-refractivity contribution in [2.75, 3.05) is 0 Å². The van der Waals surface area contributed by atoms with Crippen molar-refractivity contribution in [2.24, 2.45) is 17.8 Å². The lowest BCUT2D eigenvalue weighted by molar-refractivity contribution is -0.147. The summed E-state index contributed by atoms with van der Waals surface area (Å²) in [5.41, 5.74) is 0. The van der Waals surface area contributed by atoms with Crippen LogP contribution >= 0.6 is 0 Å². The summed E-state index contributed by atoms with van der Waals surface area (Å²) in [7, 11) is 0. The van der Waals surface area contributed by atoms with Gasteiger partial charge in [0, 0.05) is 6.04 Å². The van der Waals surface area contributed by atoms with Crippen LogP contribution in [0.1, 0.15) is 51.9 Å². The Balaban J connectivity index is 1.88. The molecule has 2 aliphatic carbocycles. The third kappa shape index (κ3) is 3.62. The molecule has 1 saturated carbocycles. The molecule has 1 amide bonds. The molecule has 0 unspecified atom stereocenters. The zero-order valence-corrected chi connectivity index (χ0v) is 12.2. The Kier molecular flexibility index (Phi) is 5.21. The summed E-state index contributed by atoms with van der Waals surface area (Å²) in [6.45, 7) is 2.22. The van der Waals surface area contributed by atoms with Crippen molar-refractivity contribution in [3.63, 3.8) is 0 Å². The van der Waals surface area contributed by atoms with Gasteiger partial charge in [-0.1, -0.05) is 25.5 Å². The first-order chi connectivity index (χ1) is 9.61. The standard InChI is InChI=1S/C16H25NO3/c1-2-11-7-9-12(10-8-11)17-15(18)13-5-3-4-6-14(13)16(19)20/h3-4,11-14H,2,5-10H2,1H3,(H,17,18)(H,19,20)/t11?,12?,13-,14+/m1/s1. The van der Waals surface area contributed by atoms with E-state index in [1.165, 1.54) is 19.3 Å². The molecule has 112 valence electrons. The number of aliphatic carboxylic acids is 1. The Hall–Kier alpha value is -1.32. The van der Waals surface area contributed by atoms with Crippen molar-refractivity contribution >= 4 is 11.9 Å². The molecule has 0 heterocycles. The zero-order valence-electron chi connectivity index (χ0n) is 12.2. The summed E-state index contributed by atoms with van der Waals surface area (Å²) < 4.78 is 0. The first-order valence-electron chi connectivity index (χ1n) is 7.80. The van der Waals surface area contributed by atoms with Gasteiger partial charge >= 0.3 is 5.97 Å². The average Bonchev–Trinajstić information content (AvgIpc) is 2.48. The van der Waals surface area contributed by atoms with E-state index in [-0.39, 0.29) is 11.9 Å². The van der Waals surface area contributed by atoms with E-state index in [9.17, 15) is 14.7 Å². The van der Waals surface area contributed by atoms with E-state index in [1.54, 1.807) is 0 Å². The molecule has 0 bridgehead atoms. The molecule has 0 radical (unpaired) electrons. The second-order valence-electron chi connectivity index (χ2n) is 6.13. The number of nitrogens with one attached hydrogen (secondary N) is 1. The maximum Gasteiger partial charge on any atom is 0.307 e. The van der Waals surface area contributed by atoms with Gasteiger partial charge in [-0.15, -0.1) is 0 Å². The van der Waals surface area contributed by atoms with Crippen molar-refractivity contribution < 1.29 is 14.7 Å². The first-order valence-corrected chi connectivity index (χ1v) is 7.80. The van der Waals surface area contributed by atoms with E-state index in [0.29, 0.717) is 12.8 Å². The number of carbonyl (C=O) groups is 2. The van der Waals surface area contributed by atoms with E-state index in [2.05, 4.69) is 12.2 Å². The number of amides is 1. The van der Waals surface area contributed by atoms with Gasteiger partial charge in [0.2, 0.25) is 5.91 Å².